The van der Waals surface area contributed by atoms with E-state index in [-0.39, 0.29) is 71.4 Å². The van der Waals surface area contributed by atoms with E-state index in [1.165, 1.54) is 0 Å². The van der Waals surface area contributed by atoms with Crippen molar-refractivity contribution in [1.82, 2.24) is 0 Å². The van der Waals surface area contributed by atoms with Crippen LogP contribution in [0.1, 0.15) is 0 Å². The summed E-state index contributed by atoms with van der Waals surface area (Å²) in [6.45, 7) is 0. The Morgan fingerprint density at radius 3 is 1.10 bits per heavy atom. The summed E-state index contributed by atoms with van der Waals surface area (Å²) in [7, 11) is -4.92. The molecule has 0 aliphatic carbocycles. The molecular weight excluding hydrogens is 322 g/mol. The summed E-state index contributed by atoms with van der Waals surface area (Å²) in [6, 6.07) is 0. The van der Waals surface area contributed by atoms with E-state index in [1.807, 2.05) is 0 Å². The van der Waals surface area contributed by atoms with Gasteiger partial charge in [0.05, 0.1) is 0 Å². The van der Waals surface area contributed by atoms with E-state index in [2.05, 4.69) is 0 Å². The van der Waals surface area contributed by atoms with Crippen LogP contribution in [0.4, 0.5) is 0 Å². The SMILES string of the molecule is O=S(=O)([O-])O.[Cl-].[Cl-].[Cl-].[Cu+2].[Fe+2]. The molecule has 4 nitrogen and oxygen atoms in total. The second-order valence-electron chi connectivity index (χ2n) is 0.428. The molecule has 0 rings (SSSR count). The maximum absolute atomic E-state index is 8.63. The van der Waals surface area contributed by atoms with Gasteiger partial charge in [-0.25, -0.2) is 8.42 Å². The molecule has 0 aromatic rings. The molecule has 0 bridgehead atoms. The molecular formula is HCl3CuFeO4S. The fourth-order valence-electron chi connectivity index (χ4n) is 0. The van der Waals surface area contributed by atoms with Crippen molar-refractivity contribution in [2.75, 3.05) is 0 Å². The summed E-state index contributed by atoms with van der Waals surface area (Å²) in [6.07, 6.45) is 0. The van der Waals surface area contributed by atoms with Crippen molar-refractivity contribution in [2.45, 2.75) is 0 Å². The standard InChI is InChI=1S/3ClH.Cu.Fe.H2O4S/c;;;;;1-5(2,3)4/h3*1H;;;(H2,1,2,3,4)/q;;;2*+2;/p-4. The molecule has 1 radical (unpaired) electrons. The Bertz CT molecular complexity index is 104. The normalized spacial score (nSPS) is 5.80. The minimum Gasteiger partial charge on any atom is -1.00 e. The van der Waals surface area contributed by atoms with E-state index in [1.54, 1.807) is 0 Å². The average molecular weight is 323 g/mol. The zero-order valence-corrected chi connectivity index (χ0v) is 9.00. The first-order valence-electron chi connectivity index (χ1n) is 0.683. The molecule has 0 fully saturated rings. The van der Waals surface area contributed by atoms with Gasteiger partial charge in [-0.05, 0) is 0 Å². The summed E-state index contributed by atoms with van der Waals surface area (Å²) in [5, 5.41) is 0. The minimum absolute atomic E-state index is 0. The van der Waals surface area contributed by atoms with Crippen LogP contribution in [-0.4, -0.2) is 17.5 Å². The van der Waals surface area contributed by atoms with Crippen molar-refractivity contribution >= 4 is 10.4 Å². The smallest absolute Gasteiger partial charge is 1.00 e. The third-order valence-corrected chi connectivity index (χ3v) is 0. The van der Waals surface area contributed by atoms with Crippen LogP contribution in [0, 0.1) is 0 Å². The van der Waals surface area contributed by atoms with Gasteiger partial charge in [0.2, 0.25) is 10.4 Å². The zero-order chi connectivity index (χ0) is 4.50. The summed E-state index contributed by atoms with van der Waals surface area (Å²) in [4.78, 5) is 0. The van der Waals surface area contributed by atoms with E-state index in [4.69, 9.17) is 17.5 Å². The summed E-state index contributed by atoms with van der Waals surface area (Å²) >= 11 is 0. The topological polar surface area (TPSA) is 77.4 Å². The van der Waals surface area contributed by atoms with Crippen molar-refractivity contribution in [2.24, 2.45) is 0 Å². The van der Waals surface area contributed by atoms with Crippen LogP contribution in [0.25, 0.3) is 0 Å². The molecule has 0 aromatic carbocycles. The molecule has 10 heteroatoms. The van der Waals surface area contributed by atoms with Gasteiger partial charge >= 0.3 is 34.1 Å². The second kappa shape index (κ2) is 17.0. The van der Waals surface area contributed by atoms with Crippen LogP contribution in [0.15, 0.2) is 0 Å². The van der Waals surface area contributed by atoms with Crippen LogP contribution in [0.5, 0.6) is 0 Å². The molecule has 1 N–H and O–H groups in total. The first-order chi connectivity index (χ1) is 2.00. The maximum atomic E-state index is 8.63. The van der Waals surface area contributed by atoms with Gasteiger partial charge in [-0.3, -0.25) is 4.55 Å². The largest absolute Gasteiger partial charge is 2.00 e. The van der Waals surface area contributed by atoms with E-state index in [0.717, 1.165) is 0 Å². The summed E-state index contributed by atoms with van der Waals surface area (Å²) < 4.78 is 32.8. The van der Waals surface area contributed by atoms with Gasteiger partial charge in [-0.1, -0.05) is 0 Å². The predicted octanol–water partition coefficient (Wildman–Crippen LogP) is -9.99. The van der Waals surface area contributed by atoms with Crippen molar-refractivity contribution in [3.05, 3.63) is 0 Å². The second-order valence-corrected chi connectivity index (χ2v) is 1.28. The van der Waals surface area contributed by atoms with Gasteiger partial charge in [0.15, 0.2) is 0 Å². The number of hydrogen-bond acceptors (Lipinski definition) is 3. The molecule has 0 saturated heterocycles. The molecule has 0 aliphatic heterocycles. The molecule has 10 heavy (non-hydrogen) atoms. The zero-order valence-electron chi connectivity index (χ0n) is 3.87. The molecule has 71 valence electrons. The fourth-order valence-corrected chi connectivity index (χ4v) is 0. The molecule has 0 unspecified atom stereocenters. The van der Waals surface area contributed by atoms with Gasteiger partial charge in [-0.2, -0.15) is 0 Å². The Morgan fingerprint density at radius 2 is 1.10 bits per heavy atom. The van der Waals surface area contributed by atoms with Gasteiger partial charge in [0, 0.05) is 0 Å². The Labute approximate surface area is 98.7 Å². The van der Waals surface area contributed by atoms with Crippen LogP contribution >= 0.6 is 0 Å². The summed E-state index contributed by atoms with van der Waals surface area (Å²) in [5.41, 5.74) is 0. The van der Waals surface area contributed by atoms with Gasteiger partial charge < -0.3 is 41.8 Å². The third-order valence-electron chi connectivity index (χ3n) is 0. The van der Waals surface area contributed by atoms with Gasteiger partial charge in [0.1, 0.15) is 0 Å². The fraction of sp³-hybridized carbons (Fsp3) is 0. The average Bonchev–Trinajstić information content (AvgIpc) is 0.722. The van der Waals surface area contributed by atoms with Crippen molar-refractivity contribution < 1.29 is 88.9 Å². The molecule has 0 saturated carbocycles. The molecule has 0 heterocycles. The Kier molecular flexibility index (Phi) is 69.8. The van der Waals surface area contributed by atoms with Crippen molar-refractivity contribution in [3.63, 3.8) is 0 Å². The first-order valence-corrected chi connectivity index (χ1v) is 2.05. The number of hydrogen-bond donors (Lipinski definition) is 1. The van der Waals surface area contributed by atoms with Crippen LogP contribution in [0.2, 0.25) is 0 Å². The monoisotopic (exact) mass is 321 g/mol. The molecule has 0 atom stereocenters. The van der Waals surface area contributed by atoms with E-state index in [9.17, 15) is 0 Å². The van der Waals surface area contributed by atoms with Crippen molar-refractivity contribution in [1.29, 1.82) is 0 Å². The quantitative estimate of drug-likeness (QED) is 0.273. The van der Waals surface area contributed by atoms with Crippen LogP contribution in [-0.2, 0) is 44.5 Å². The maximum Gasteiger partial charge on any atom is 2.00 e. The Balaban J connectivity index is -0.00000000800. The Morgan fingerprint density at radius 1 is 1.10 bits per heavy atom. The predicted molar refractivity (Wildman–Crippen MR) is 12.3 cm³/mol. The first kappa shape index (κ1) is 41.0. The minimum atomic E-state index is -4.92. The molecule has 0 aromatic heterocycles. The van der Waals surface area contributed by atoms with Gasteiger partial charge in [-0.15, -0.1) is 0 Å². The molecule has 0 aliphatic rings. The van der Waals surface area contributed by atoms with E-state index in [0.29, 0.717) is 0 Å². The Hall–Kier alpha value is 1.78. The summed E-state index contributed by atoms with van der Waals surface area (Å²) in [5.74, 6) is 0. The number of halogens is 3. The van der Waals surface area contributed by atoms with Crippen LogP contribution < -0.4 is 37.2 Å². The van der Waals surface area contributed by atoms with E-state index >= 15 is 0 Å². The molecule has 0 spiro atoms. The molecule has 0 amide bonds. The van der Waals surface area contributed by atoms with E-state index < -0.39 is 10.4 Å². The number of rotatable bonds is 0. The van der Waals surface area contributed by atoms with Crippen LogP contribution in [0.3, 0.4) is 0 Å². The van der Waals surface area contributed by atoms with Crippen molar-refractivity contribution in [3.8, 4) is 0 Å². The third kappa shape index (κ3) is 238. The van der Waals surface area contributed by atoms with Gasteiger partial charge in [0.25, 0.3) is 0 Å².